The fourth-order valence-corrected chi connectivity index (χ4v) is 3.49. The van der Waals surface area contributed by atoms with Gasteiger partial charge < -0.3 is 21.1 Å². The van der Waals surface area contributed by atoms with E-state index in [2.05, 4.69) is 10.6 Å². The molecule has 3 rings (SSSR count). The quantitative estimate of drug-likeness (QED) is 0.715. The van der Waals surface area contributed by atoms with Crippen LogP contribution in [0.2, 0.25) is 0 Å². The second kappa shape index (κ2) is 7.73. The number of hydrogen-bond acceptors (Lipinski definition) is 4. The van der Waals surface area contributed by atoms with E-state index in [1.54, 1.807) is 24.3 Å². The molecule has 1 fully saturated rings. The van der Waals surface area contributed by atoms with Gasteiger partial charge in [-0.25, -0.2) is 0 Å². The van der Waals surface area contributed by atoms with E-state index in [4.69, 9.17) is 10.5 Å². The average molecular weight is 381 g/mol. The van der Waals surface area contributed by atoms with Crippen LogP contribution < -0.4 is 16.4 Å². The van der Waals surface area contributed by atoms with Crippen LogP contribution in [0.15, 0.2) is 54.6 Å². The summed E-state index contributed by atoms with van der Waals surface area (Å²) in [6, 6.07) is 16.0. The van der Waals surface area contributed by atoms with Crippen LogP contribution in [0.25, 0.3) is 0 Å². The van der Waals surface area contributed by atoms with Crippen molar-refractivity contribution in [3.63, 3.8) is 0 Å². The maximum atomic E-state index is 12.8. The SMILES string of the molecule is CCOC1CC(N)(C(=O)Nc2ccc(C(=O)Nc3ccccc3)cc2)C1(C)C. The molecule has 2 aromatic carbocycles. The number of carbonyl (C=O) groups excluding carboxylic acids is 2. The van der Waals surface area contributed by atoms with E-state index in [0.29, 0.717) is 24.3 Å². The van der Waals surface area contributed by atoms with Crippen LogP contribution in [0.3, 0.4) is 0 Å². The highest BCUT2D eigenvalue weighted by Gasteiger charge is 2.62. The number of para-hydroxylation sites is 1. The molecule has 1 aliphatic rings. The van der Waals surface area contributed by atoms with Crippen molar-refractivity contribution in [1.82, 2.24) is 0 Å². The van der Waals surface area contributed by atoms with Gasteiger partial charge in [-0.05, 0) is 43.3 Å². The van der Waals surface area contributed by atoms with Crippen LogP contribution in [0.4, 0.5) is 11.4 Å². The van der Waals surface area contributed by atoms with Crippen LogP contribution in [0.5, 0.6) is 0 Å². The smallest absolute Gasteiger partial charge is 0.255 e. The van der Waals surface area contributed by atoms with Gasteiger partial charge in [0.1, 0.15) is 5.54 Å². The highest BCUT2D eigenvalue weighted by molar-refractivity contribution is 6.05. The summed E-state index contributed by atoms with van der Waals surface area (Å²) in [4.78, 5) is 25.1. The Morgan fingerprint density at radius 2 is 1.64 bits per heavy atom. The standard InChI is InChI=1S/C22H27N3O3/c1-4-28-18-14-22(23,21(18,2)3)20(27)25-17-12-10-15(11-13-17)19(26)24-16-8-6-5-7-9-16/h5-13,18H,4,14,23H2,1-3H3,(H,24,26)(H,25,27). The average Bonchev–Trinajstić information content (AvgIpc) is 2.69. The Labute approximate surface area is 165 Å². The van der Waals surface area contributed by atoms with Crippen LogP contribution in [-0.4, -0.2) is 30.1 Å². The van der Waals surface area contributed by atoms with Crippen molar-refractivity contribution in [2.45, 2.75) is 38.8 Å². The molecule has 2 amide bonds. The van der Waals surface area contributed by atoms with Crippen LogP contribution >= 0.6 is 0 Å². The Morgan fingerprint density at radius 1 is 1.04 bits per heavy atom. The van der Waals surface area contributed by atoms with Crippen LogP contribution in [-0.2, 0) is 9.53 Å². The zero-order valence-electron chi connectivity index (χ0n) is 16.5. The van der Waals surface area contributed by atoms with Gasteiger partial charge >= 0.3 is 0 Å². The molecule has 2 unspecified atom stereocenters. The molecule has 148 valence electrons. The summed E-state index contributed by atoms with van der Waals surface area (Å²) >= 11 is 0. The maximum absolute atomic E-state index is 12.8. The van der Waals surface area contributed by atoms with E-state index >= 15 is 0 Å². The first kappa shape index (κ1) is 20.0. The fraction of sp³-hybridized carbons (Fsp3) is 0.364. The Bertz CT molecular complexity index is 849. The van der Waals surface area contributed by atoms with E-state index in [9.17, 15) is 9.59 Å². The molecule has 0 heterocycles. The van der Waals surface area contributed by atoms with Crippen molar-refractivity contribution in [2.24, 2.45) is 11.1 Å². The third-order valence-corrected chi connectivity index (χ3v) is 5.67. The highest BCUT2D eigenvalue weighted by atomic mass is 16.5. The third-order valence-electron chi connectivity index (χ3n) is 5.67. The topological polar surface area (TPSA) is 93.4 Å². The first-order valence-corrected chi connectivity index (χ1v) is 9.46. The summed E-state index contributed by atoms with van der Waals surface area (Å²) < 4.78 is 5.68. The molecule has 6 heteroatoms. The van der Waals surface area contributed by atoms with E-state index in [1.165, 1.54) is 0 Å². The molecule has 0 radical (unpaired) electrons. The van der Waals surface area contributed by atoms with Crippen LogP contribution in [0.1, 0.15) is 37.6 Å². The highest BCUT2D eigenvalue weighted by Crippen LogP contribution is 2.50. The first-order valence-electron chi connectivity index (χ1n) is 9.46. The largest absolute Gasteiger partial charge is 0.378 e. The number of hydrogen-bond donors (Lipinski definition) is 3. The number of anilines is 2. The lowest BCUT2D eigenvalue weighted by Crippen LogP contribution is -2.74. The molecule has 0 spiro atoms. The van der Waals surface area contributed by atoms with E-state index in [1.807, 2.05) is 51.1 Å². The van der Waals surface area contributed by atoms with Gasteiger partial charge in [-0.1, -0.05) is 32.0 Å². The number of nitrogens with two attached hydrogens (primary N) is 1. The summed E-state index contributed by atoms with van der Waals surface area (Å²) in [7, 11) is 0. The zero-order chi connectivity index (χ0) is 20.4. The second-order valence-corrected chi connectivity index (χ2v) is 7.69. The molecule has 0 aromatic heterocycles. The lowest BCUT2D eigenvalue weighted by molar-refractivity contribution is -0.166. The fourth-order valence-electron chi connectivity index (χ4n) is 3.49. The van der Waals surface area contributed by atoms with Crippen molar-refractivity contribution in [1.29, 1.82) is 0 Å². The van der Waals surface area contributed by atoms with E-state index in [0.717, 1.165) is 5.69 Å². The molecular weight excluding hydrogens is 354 g/mol. The minimum atomic E-state index is -0.990. The van der Waals surface area contributed by atoms with Gasteiger partial charge in [-0.15, -0.1) is 0 Å². The van der Waals surface area contributed by atoms with Gasteiger partial charge in [0.25, 0.3) is 5.91 Å². The van der Waals surface area contributed by atoms with Gasteiger partial charge in [0.05, 0.1) is 6.10 Å². The zero-order valence-corrected chi connectivity index (χ0v) is 16.5. The lowest BCUT2D eigenvalue weighted by Gasteiger charge is -2.57. The van der Waals surface area contributed by atoms with E-state index < -0.39 is 11.0 Å². The number of carbonyl (C=O) groups is 2. The molecule has 0 bridgehead atoms. The molecule has 0 saturated heterocycles. The Kier molecular flexibility index (Phi) is 5.54. The Hall–Kier alpha value is -2.70. The summed E-state index contributed by atoms with van der Waals surface area (Å²) in [6.45, 7) is 6.43. The number of rotatable bonds is 6. The molecule has 6 nitrogen and oxygen atoms in total. The van der Waals surface area contributed by atoms with Gasteiger partial charge in [-0.3, -0.25) is 9.59 Å². The molecule has 0 aliphatic heterocycles. The number of ether oxygens (including phenoxy) is 1. The molecule has 4 N–H and O–H groups in total. The summed E-state index contributed by atoms with van der Waals surface area (Å²) in [5, 5.41) is 5.70. The lowest BCUT2D eigenvalue weighted by atomic mass is 9.54. The summed E-state index contributed by atoms with van der Waals surface area (Å²) in [5.74, 6) is -0.450. The molecule has 1 saturated carbocycles. The van der Waals surface area contributed by atoms with Gasteiger partial charge in [0.15, 0.2) is 0 Å². The third kappa shape index (κ3) is 3.66. The number of amides is 2. The van der Waals surface area contributed by atoms with E-state index in [-0.39, 0.29) is 17.9 Å². The van der Waals surface area contributed by atoms with Gasteiger partial charge in [0.2, 0.25) is 5.91 Å². The predicted octanol–water partition coefficient (Wildman–Crippen LogP) is 3.41. The van der Waals surface area contributed by atoms with Gasteiger partial charge in [-0.2, -0.15) is 0 Å². The number of benzene rings is 2. The van der Waals surface area contributed by atoms with Gasteiger partial charge in [0, 0.05) is 35.4 Å². The monoisotopic (exact) mass is 381 g/mol. The van der Waals surface area contributed by atoms with Crippen molar-refractivity contribution >= 4 is 23.2 Å². The van der Waals surface area contributed by atoms with Crippen molar-refractivity contribution in [3.8, 4) is 0 Å². The first-order chi connectivity index (χ1) is 13.3. The van der Waals surface area contributed by atoms with Crippen molar-refractivity contribution in [2.75, 3.05) is 17.2 Å². The Morgan fingerprint density at radius 3 is 2.21 bits per heavy atom. The van der Waals surface area contributed by atoms with Crippen LogP contribution in [0, 0.1) is 5.41 Å². The second-order valence-electron chi connectivity index (χ2n) is 7.69. The normalized spacial score (nSPS) is 22.8. The summed E-state index contributed by atoms with van der Waals surface area (Å²) in [5.41, 5.74) is 6.79. The molecule has 2 aromatic rings. The minimum Gasteiger partial charge on any atom is -0.378 e. The minimum absolute atomic E-state index is 0.0303. The predicted molar refractivity (Wildman–Crippen MR) is 110 cm³/mol. The number of nitrogens with one attached hydrogen (secondary N) is 2. The van der Waals surface area contributed by atoms with Crippen molar-refractivity contribution < 1.29 is 14.3 Å². The molecule has 28 heavy (non-hydrogen) atoms. The molecule has 1 aliphatic carbocycles. The maximum Gasteiger partial charge on any atom is 0.255 e. The summed E-state index contributed by atoms with van der Waals surface area (Å²) in [6.07, 6.45) is 0.453. The molecule has 2 atom stereocenters. The Balaban J connectivity index is 1.63. The van der Waals surface area contributed by atoms with Crippen molar-refractivity contribution in [3.05, 3.63) is 60.2 Å². The molecular formula is C22H27N3O3.